The zero-order chi connectivity index (χ0) is 19.9. The van der Waals surface area contributed by atoms with E-state index in [9.17, 15) is 4.79 Å². The predicted molar refractivity (Wildman–Crippen MR) is 110 cm³/mol. The maximum atomic E-state index is 12.5. The van der Waals surface area contributed by atoms with E-state index in [-0.39, 0.29) is 24.1 Å². The Morgan fingerprint density at radius 2 is 1.79 bits per heavy atom. The lowest BCUT2D eigenvalue weighted by Gasteiger charge is -2.32. The van der Waals surface area contributed by atoms with Gasteiger partial charge in [0.25, 0.3) is 0 Å². The summed E-state index contributed by atoms with van der Waals surface area (Å²) in [4.78, 5) is 12.5. The van der Waals surface area contributed by atoms with Gasteiger partial charge in [0.05, 0.1) is 11.2 Å². The number of hydrogen-bond donors (Lipinski definition) is 0. The van der Waals surface area contributed by atoms with Crippen LogP contribution in [0.4, 0.5) is 0 Å². The summed E-state index contributed by atoms with van der Waals surface area (Å²) in [7, 11) is -0.349. The van der Waals surface area contributed by atoms with Crippen LogP contribution in [0.1, 0.15) is 68.7 Å². The molecule has 0 spiro atoms. The van der Waals surface area contributed by atoms with E-state index in [4.69, 9.17) is 9.31 Å². The number of benzene rings is 1. The van der Waals surface area contributed by atoms with Crippen molar-refractivity contribution in [1.29, 1.82) is 0 Å². The first-order chi connectivity index (χ1) is 13.2. The minimum Gasteiger partial charge on any atom is -0.399 e. The van der Waals surface area contributed by atoms with Gasteiger partial charge < -0.3 is 9.31 Å². The largest absolute Gasteiger partial charge is 0.494 e. The van der Waals surface area contributed by atoms with Crippen molar-refractivity contribution in [2.75, 3.05) is 0 Å². The van der Waals surface area contributed by atoms with Crippen LogP contribution >= 0.6 is 0 Å². The monoisotopic (exact) mass is 380 g/mol. The molecule has 148 valence electrons. The Labute approximate surface area is 167 Å². The average Bonchev–Trinajstić information content (AvgIpc) is 3.18. The third kappa shape index (κ3) is 3.68. The van der Waals surface area contributed by atoms with Crippen molar-refractivity contribution >= 4 is 18.4 Å². The number of hydrogen-bond acceptors (Lipinski definition) is 4. The lowest BCUT2D eigenvalue weighted by atomic mass is 9.78. The highest BCUT2D eigenvalue weighted by Gasteiger charge is 2.51. The second kappa shape index (κ2) is 7.16. The lowest BCUT2D eigenvalue weighted by Crippen LogP contribution is -2.41. The summed E-state index contributed by atoms with van der Waals surface area (Å²) < 4.78 is 14.2. The van der Waals surface area contributed by atoms with Crippen molar-refractivity contribution in [1.82, 2.24) is 9.78 Å². The molecule has 2 aliphatic heterocycles. The first-order valence-electron chi connectivity index (χ1n) is 10.3. The molecule has 28 heavy (non-hydrogen) atoms. The lowest BCUT2D eigenvalue weighted by molar-refractivity contribution is 0.00578. The van der Waals surface area contributed by atoms with E-state index in [0.717, 1.165) is 30.4 Å². The Bertz CT molecular complexity index is 831. The van der Waals surface area contributed by atoms with E-state index in [1.807, 2.05) is 22.9 Å². The molecule has 0 aliphatic carbocycles. The molecule has 1 aromatic carbocycles. The Kier molecular flexibility index (Phi) is 4.96. The fourth-order valence-corrected chi connectivity index (χ4v) is 3.76. The summed E-state index contributed by atoms with van der Waals surface area (Å²) in [6.07, 6.45) is 4.56. The summed E-state index contributed by atoms with van der Waals surface area (Å²) >= 11 is 0. The standard InChI is InChI=1S/C22H29BN2O3/c1-21(2)22(3,4)28-23(27-21)17-11-8-16(9-12-17)10-13-20(26)19-15-18-7-5-6-14-25(18)24-19/h8-9,11-12,15H,5-7,10,13-14H2,1-4H3. The molecule has 0 atom stereocenters. The van der Waals surface area contributed by atoms with Crippen LogP contribution in [0.15, 0.2) is 30.3 Å². The van der Waals surface area contributed by atoms with Gasteiger partial charge >= 0.3 is 7.12 Å². The maximum absolute atomic E-state index is 12.5. The Morgan fingerprint density at radius 3 is 2.43 bits per heavy atom. The first-order valence-corrected chi connectivity index (χ1v) is 10.3. The number of Topliss-reactive ketones (excluding diaryl/α,β-unsaturated/α-hetero) is 1. The molecule has 1 aromatic heterocycles. The summed E-state index contributed by atoms with van der Waals surface area (Å²) in [6.45, 7) is 9.16. The van der Waals surface area contributed by atoms with E-state index in [0.29, 0.717) is 18.5 Å². The van der Waals surface area contributed by atoms with Gasteiger partial charge in [0, 0.05) is 18.7 Å². The van der Waals surface area contributed by atoms with Gasteiger partial charge in [-0.15, -0.1) is 0 Å². The van der Waals surface area contributed by atoms with Crippen LogP contribution < -0.4 is 5.46 Å². The van der Waals surface area contributed by atoms with E-state index >= 15 is 0 Å². The molecule has 0 radical (unpaired) electrons. The molecule has 2 aromatic rings. The Morgan fingerprint density at radius 1 is 1.11 bits per heavy atom. The molecule has 1 fully saturated rings. The van der Waals surface area contributed by atoms with Gasteiger partial charge in [0.1, 0.15) is 5.69 Å². The maximum Gasteiger partial charge on any atom is 0.494 e. The SMILES string of the molecule is CC1(C)OB(c2ccc(CCC(=O)c3cc4n(n3)CCCC4)cc2)OC1(C)C. The minimum absolute atomic E-state index is 0.122. The highest BCUT2D eigenvalue weighted by atomic mass is 16.7. The molecule has 0 bridgehead atoms. The number of nitrogens with zero attached hydrogens (tertiary/aromatic N) is 2. The molecule has 0 amide bonds. The summed E-state index contributed by atoms with van der Waals surface area (Å²) in [5, 5.41) is 4.49. The van der Waals surface area contributed by atoms with Gasteiger partial charge in [0.2, 0.25) is 0 Å². The van der Waals surface area contributed by atoms with E-state index in [1.54, 1.807) is 0 Å². The fourth-order valence-electron chi connectivity index (χ4n) is 3.76. The van der Waals surface area contributed by atoms with Crippen molar-refractivity contribution in [3.8, 4) is 0 Å². The van der Waals surface area contributed by atoms with E-state index < -0.39 is 0 Å². The Balaban J connectivity index is 1.36. The third-order valence-electron chi connectivity index (χ3n) is 6.35. The van der Waals surface area contributed by atoms with Crippen LogP contribution in [0.3, 0.4) is 0 Å². The third-order valence-corrected chi connectivity index (χ3v) is 6.35. The zero-order valence-corrected chi connectivity index (χ0v) is 17.3. The summed E-state index contributed by atoms with van der Waals surface area (Å²) in [6, 6.07) is 10.2. The van der Waals surface area contributed by atoms with E-state index in [2.05, 4.69) is 44.9 Å². The highest BCUT2D eigenvalue weighted by molar-refractivity contribution is 6.62. The van der Waals surface area contributed by atoms with E-state index in [1.165, 1.54) is 12.1 Å². The topological polar surface area (TPSA) is 53.4 Å². The van der Waals surface area contributed by atoms with Crippen LogP contribution in [0, 0.1) is 0 Å². The molecule has 4 rings (SSSR count). The molecule has 1 saturated heterocycles. The predicted octanol–water partition coefficient (Wildman–Crippen LogP) is 3.33. The summed E-state index contributed by atoms with van der Waals surface area (Å²) in [5.74, 6) is 0.122. The van der Waals surface area contributed by atoms with Crippen LogP contribution in [0.5, 0.6) is 0 Å². The smallest absolute Gasteiger partial charge is 0.399 e. The number of ketones is 1. The van der Waals surface area contributed by atoms with Crippen LogP contribution in [0.2, 0.25) is 0 Å². The van der Waals surface area contributed by atoms with Gasteiger partial charge in [-0.1, -0.05) is 24.3 Å². The number of aryl methyl sites for hydroxylation is 3. The first kappa shape index (κ1) is 19.4. The second-order valence-corrected chi connectivity index (χ2v) is 8.95. The van der Waals surface area contributed by atoms with Crippen LogP contribution in [-0.4, -0.2) is 33.9 Å². The second-order valence-electron chi connectivity index (χ2n) is 8.95. The van der Waals surface area contributed by atoms with Gasteiger partial charge in [-0.05, 0) is 70.5 Å². The van der Waals surface area contributed by atoms with Crippen molar-refractivity contribution < 1.29 is 14.1 Å². The van der Waals surface area contributed by atoms with Gasteiger partial charge in [-0.25, -0.2) is 0 Å². The average molecular weight is 380 g/mol. The molecule has 0 unspecified atom stereocenters. The number of carbonyl (C=O) groups is 1. The molecular formula is C22H29BN2O3. The highest BCUT2D eigenvalue weighted by Crippen LogP contribution is 2.36. The molecule has 3 heterocycles. The zero-order valence-electron chi connectivity index (χ0n) is 17.3. The van der Waals surface area contributed by atoms with Crippen molar-refractivity contribution in [3.63, 3.8) is 0 Å². The van der Waals surface area contributed by atoms with Gasteiger partial charge in [-0.3, -0.25) is 9.48 Å². The fraction of sp³-hybridized carbons (Fsp3) is 0.545. The summed E-state index contributed by atoms with van der Waals surface area (Å²) in [5.41, 5.74) is 3.28. The quantitative estimate of drug-likeness (QED) is 0.590. The van der Waals surface area contributed by atoms with Crippen molar-refractivity contribution in [3.05, 3.63) is 47.3 Å². The number of fused-ring (bicyclic) bond motifs is 1. The Hall–Kier alpha value is -1.92. The van der Waals surface area contributed by atoms with Crippen LogP contribution in [-0.2, 0) is 28.7 Å². The molecular weight excluding hydrogens is 351 g/mol. The number of aromatic nitrogens is 2. The molecule has 5 nitrogen and oxygen atoms in total. The molecule has 0 saturated carbocycles. The van der Waals surface area contributed by atoms with Gasteiger partial charge in [0.15, 0.2) is 5.78 Å². The normalized spacial score (nSPS) is 20.2. The van der Waals surface area contributed by atoms with Crippen molar-refractivity contribution in [2.45, 2.75) is 77.5 Å². The van der Waals surface area contributed by atoms with Crippen LogP contribution in [0.25, 0.3) is 0 Å². The number of carbonyl (C=O) groups excluding carboxylic acids is 1. The number of rotatable bonds is 5. The molecule has 2 aliphatic rings. The van der Waals surface area contributed by atoms with Gasteiger partial charge in [-0.2, -0.15) is 5.10 Å². The minimum atomic E-state index is -0.349. The molecule has 0 N–H and O–H groups in total. The van der Waals surface area contributed by atoms with Crippen molar-refractivity contribution in [2.24, 2.45) is 0 Å². The molecule has 6 heteroatoms.